The molecular weight excluding hydrogens is 314 g/mol. The molecule has 4 nitrogen and oxygen atoms in total. The number of ether oxygens (including phenoxy) is 2. The Kier molecular flexibility index (Phi) is 6.29. The molecule has 0 saturated heterocycles. The zero-order valence-electron chi connectivity index (χ0n) is 13.3. The van der Waals surface area contributed by atoms with Crippen LogP contribution in [-0.4, -0.2) is 25.7 Å². The molecule has 23 heavy (non-hydrogen) atoms. The molecule has 0 aliphatic heterocycles. The van der Waals surface area contributed by atoms with Crippen molar-refractivity contribution >= 4 is 17.5 Å². The van der Waals surface area contributed by atoms with Gasteiger partial charge in [-0.2, -0.15) is 0 Å². The minimum absolute atomic E-state index is 0.00869. The van der Waals surface area contributed by atoms with E-state index in [1.54, 1.807) is 24.3 Å². The number of rotatable bonds is 7. The molecule has 0 fully saturated rings. The molecular formula is C18H20ClNO3. The Balaban J connectivity index is 1.67. The number of hydrogen-bond acceptors (Lipinski definition) is 3. The van der Waals surface area contributed by atoms with Crippen LogP contribution in [0, 0.1) is 13.8 Å². The highest BCUT2D eigenvalue weighted by Crippen LogP contribution is 2.18. The first kappa shape index (κ1) is 17.2. The van der Waals surface area contributed by atoms with E-state index in [1.165, 1.54) is 0 Å². The van der Waals surface area contributed by atoms with Gasteiger partial charge in [0, 0.05) is 5.02 Å². The van der Waals surface area contributed by atoms with Gasteiger partial charge in [-0.15, -0.1) is 0 Å². The lowest BCUT2D eigenvalue weighted by molar-refractivity contribution is -0.123. The average Bonchev–Trinajstić information content (AvgIpc) is 2.54. The van der Waals surface area contributed by atoms with Crippen molar-refractivity contribution in [2.45, 2.75) is 13.8 Å². The fourth-order valence-corrected chi connectivity index (χ4v) is 2.07. The summed E-state index contributed by atoms with van der Waals surface area (Å²) in [6, 6.07) is 13.0. The molecule has 0 saturated carbocycles. The molecule has 1 N–H and O–H groups in total. The Morgan fingerprint density at radius 1 is 1.09 bits per heavy atom. The van der Waals surface area contributed by atoms with Crippen molar-refractivity contribution in [1.82, 2.24) is 5.32 Å². The molecule has 2 rings (SSSR count). The van der Waals surface area contributed by atoms with E-state index in [-0.39, 0.29) is 12.5 Å². The Labute approximate surface area is 141 Å². The standard InChI is InChI=1S/C18H20ClNO3/c1-13-3-4-14(2)17(11-13)23-12-18(21)20-9-10-22-16-7-5-15(19)6-8-16/h3-8,11H,9-10,12H2,1-2H3,(H,20,21). The fourth-order valence-electron chi connectivity index (χ4n) is 1.95. The van der Waals surface area contributed by atoms with Gasteiger partial charge < -0.3 is 14.8 Å². The maximum atomic E-state index is 11.8. The Hall–Kier alpha value is -2.20. The Morgan fingerprint density at radius 3 is 2.57 bits per heavy atom. The lowest BCUT2D eigenvalue weighted by atomic mass is 10.1. The maximum Gasteiger partial charge on any atom is 0.258 e. The molecule has 0 aromatic heterocycles. The van der Waals surface area contributed by atoms with Gasteiger partial charge in [0.25, 0.3) is 5.91 Å². The van der Waals surface area contributed by atoms with E-state index < -0.39 is 0 Å². The van der Waals surface area contributed by atoms with Crippen molar-refractivity contribution in [3.63, 3.8) is 0 Å². The van der Waals surface area contributed by atoms with Crippen LogP contribution in [0.5, 0.6) is 11.5 Å². The summed E-state index contributed by atoms with van der Waals surface area (Å²) in [5, 5.41) is 3.41. The minimum Gasteiger partial charge on any atom is -0.492 e. The fraction of sp³-hybridized carbons (Fsp3) is 0.278. The molecule has 0 radical (unpaired) electrons. The monoisotopic (exact) mass is 333 g/mol. The molecule has 0 unspecified atom stereocenters. The number of carbonyl (C=O) groups is 1. The first-order chi connectivity index (χ1) is 11.0. The zero-order chi connectivity index (χ0) is 16.7. The summed E-state index contributed by atoms with van der Waals surface area (Å²) < 4.78 is 11.0. The number of carbonyl (C=O) groups excluding carboxylic acids is 1. The van der Waals surface area contributed by atoms with E-state index in [2.05, 4.69) is 5.32 Å². The molecule has 0 spiro atoms. The predicted molar refractivity (Wildman–Crippen MR) is 91.4 cm³/mol. The van der Waals surface area contributed by atoms with Gasteiger partial charge in [0.05, 0.1) is 6.54 Å². The quantitative estimate of drug-likeness (QED) is 0.788. The highest BCUT2D eigenvalue weighted by atomic mass is 35.5. The number of nitrogens with one attached hydrogen (secondary N) is 1. The molecule has 2 aromatic rings. The molecule has 1 amide bonds. The summed E-state index contributed by atoms with van der Waals surface area (Å²) in [6.45, 7) is 4.73. The highest BCUT2D eigenvalue weighted by molar-refractivity contribution is 6.30. The number of benzene rings is 2. The van der Waals surface area contributed by atoms with Crippen molar-refractivity contribution < 1.29 is 14.3 Å². The molecule has 0 atom stereocenters. The first-order valence-corrected chi connectivity index (χ1v) is 7.77. The van der Waals surface area contributed by atoms with E-state index >= 15 is 0 Å². The highest BCUT2D eigenvalue weighted by Gasteiger charge is 2.05. The van der Waals surface area contributed by atoms with E-state index in [1.807, 2.05) is 32.0 Å². The van der Waals surface area contributed by atoms with Crippen LogP contribution in [0.25, 0.3) is 0 Å². The van der Waals surface area contributed by atoms with Gasteiger partial charge in [0.1, 0.15) is 18.1 Å². The summed E-state index contributed by atoms with van der Waals surface area (Å²) in [5.74, 6) is 1.28. The molecule has 0 heterocycles. The normalized spacial score (nSPS) is 10.2. The van der Waals surface area contributed by atoms with E-state index in [9.17, 15) is 4.79 Å². The Bertz CT molecular complexity index is 656. The third kappa shape index (κ3) is 5.83. The zero-order valence-corrected chi connectivity index (χ0v) is 14.0. The number of halogens is 1. The van der Waals surface area contributed by atoms with E-state index in [4.69, 9.17) is 21.1 Å². The Morgan fingerprint density at radius 2 is 1.83 bits per heavy atom. The van der Waals surface area contributed by atoms with Crippen LogP contribution in [0.2, 0.25) is 5.02 Å². The van der Waals surface area contributed by atoms with Gasteiger partial charge in [0.15, 0.2) is 6.61 Å². The molecule has 2 aromatic carbocycles. The van der Waals surface area contributed by atoms with Crippen LogP contribution in [0.15, 0.2) is 42.5 Å². The average molecular weight is 334 g/mol. The van der Waals surface area contributed by atoms with Crippen molar-refractivity contribution in [3.8, 4) is 11.5 Å². The van der Waals surface area contributed by atoms with Crippen molar-refractivity contribution in [2.24, 2.45) is 0 Å². The van der Waals surface area contributed by atoms with Crippen molar-refractivity contribution in [2.75, 3.05) is 19.8 Å². The van der Waals surface area contributed by atoms with Crippen LogP contribution >= 0.6 is 11.6 Å². The second kappa shape index (κ2) is 8.44. The van der Waals surface area contributed by atoms with Crippen LogP contribution in [0.4, 0.5) is 0 Å². The van der Waals surface area contributed by atoms with E-state index in [0.29, 0.717) is 18.2 Å². The topological polar surface area (TPSA) is 47.6 Å². The van der Waals surface area contributed by atoms with Gasteiger partial charge in [-0.25, -0.2) is 0 Å². The van der Waals surface area contributed by atoms with Gasteiger partial charge in [-0.1, -0.05) is 23.7 Å². The molecule has 5 heteroatoms. The maximum absolute atomic E-state index is 11.8. The van der Waals surface area contributed by atoms with Crippen LogP contribution in [-0.2, 0) is 4.79 Å². The third-order valence-corrected chi connectivity index (χ3v) is 3.46. The van der Waals surface area contributed by atoms with Crippen LogP contribution in [0.3, 0.4) is 0 Å². The largest absolute Gasteiger partial charge is 0.492 e. The van der Waals surface area contributed by atoms with Gasteiger partial charge in [-0.05, 0) is 55.3 Å². The third-order valence-electron chi connectivity index (χ3n) is 3.21. The summed E-state index contributed by atoms with van der Waals surface area (Å²) in [4.78, 5) is 11.8. The minimum atomic E-state index is -0.175. The first-order valence-electron chi connectivity index (χ1n) is 7.40. The van der Waals surface area contributed by atoms with Crippen molar-refractivity contribution in [3.05, 3.63) is 58.6 Å². The molecule has 122 valence electrons. The smallest absolute Gasteiger partial charge is 0.258 e. The number of aryl methyl sites for hydroxylation is 2. The lowest BCUT2D eigenvalue weighted by Gasteiger charge is -2.11. The summed E-state index contributed by atoms with van der Waals surface area (Å²) >= 11 is 5.79. The second-order valence-corrected chi connectivity index (χ2v) is 5.65. The predicted octanol–water partition coefficient (Wildman–Crippen LogP) is 3.53. The summed E-state index contributed by atoms with van der Waals surface area (Å²) in [5.41, 5.74) is 2.11. The summed E-state index contributed by atoms with van der Waals surface area (Å²) in [6.07, 6.45) is 0. The van der Waals surface area contributed by atoms with Crippen molar-refractivity contribution in [1.29, 1.82) is 0 Å². The van der Waals surface area contributed by atoms with Gasteiger partial charge in [0.2, 0.25) is 0 Å². The van der Waals surface area contributed by atoms with Gasteiger partial charge in [-0.3, -0.25) is 4.79 Å². The summed E-state index contributed by atoms with van der Waals surface area (Å²) in [7, 11) is 0. The molecule has 0 bridgehead atoms. The number of amides is 1. The molecule has 0 aliphatic rings. The van der Waals surface area contributed by atoms with Crippen LogP contribution in [0.1, 0.15) is 11.1 Å². The van der Waals surface area contributed by atoms with E-state index in [0.717, 1.165) is 22.6 Å². The molecule has 0 aliphatic carbocycles. The van der Waals surface area contributed by atoms with Crippen LogP contribution < -0.4 is 14.8 Å². The van der Waals surface area contributed by atoms with Gasteiger partial charge >= 0.3 is 0 Å². The second-order valence-electron chi connectivity index (χ2n) is 5.21. The SMILES string of the molecule is Cc1ccc(C)c(OCC(=O)NCCOc2ccc(Cl)cc2)c1. The number of hydrogen-bond donors (Lipinski definition) is 1. The lowest BCUT2D eigenvalue weighted by Crippen LogP contribution is -2.32.